The molecule has 6 heteroatoms. The molecular weight excluding hydrogens is 240 g/mol. The number of rotatable bonds is 2. The molecule has 0 spiro atoms. The Morgan fingerprint density at radius 3 is 2.61 bits per heavy atom. The molecule has 0 amide bonds. The Hall–Kier alpha value is -2.08. The van der Waals surface area contributed by atoms with Gasteiger partial charge >= 0.3 is 0 Å². The number of halogens is 2. The highest BCUT2D eigenvalue weighted by molar-refractivity contribution is 5.33. The molecule has 18 heavy (non-hydrogen) atoms. The van der Waals surface area contributed by atoms with Crippen LogP contribution >= 0.6 is 0 Å². The van der Waals surface area contributed by atoms with Gasteiger partial charge in [0.05, 0.1) is 5.69 Å². The number of nitrogens with zero attached hydrogens (tertiary/aromatic N) is 2. The third kappa shape index (κ3) is 2.14. The smallest absolute Gasteiger partial charge is 0.204 e. The van der Waals surface area contributed by atoms with Crippen LogP contribution in [0.5, 0.6) is 0 Å². The van der Waals surface area contributed by atoms with E-state index in [0.29, 0.717) is 11.4 Å². The maximum Gasteiger partial charge on any atom is 0.204 e. The Bertz CT molecular complexity index is 652. The summed E-state index contributed by atoms with van der Waals surface area (Å²) >= 11 is 0. The maximum absolute atomic E-state index is 13.2. The summed E-state index contributed by atoms with van der Waals surface area (Å²) < 4.78 is 27.4. The molecular formula is C12H11F2N3O. The van der Waals surface area contributed by atoms with E-state index >= 15 is 0 Å². The summed E-state index contributed by atoms with van der Waals surface area (Å²) in [6, 6.07) is 4.76. The van der Waals surface area contributed by atoms with Crippen molar-refractivity contribution in [2.45, 2.75) is 13.5 Å². The molecule has 1 heterocycles. The van der Waals surface area contributed by atoms with Gasteiger partial charge in [-0.1, -0.05) is 0 Å². The molecule has 0 aliphatic heterocycles. The van der Waals surface area contributed by atoms with Gasteiger partial charge in [0.25, 0.3) is 0 Å². The molecule has 0 saturated heterocycles. The molecule has 2 aromatic rings. The molecule has 94 valence electrons. The lowest BCUT2D eigenvalue weighted by Crippen LogP contribution is -2.21. The van der Waals surface area contributed by atoms with Crippen LogP contribution in [0.25, 0.3) is 5.69 Å². The second-order valence-corrected chi connectivity index (χ2v) is 3.81. The van der Waals surface area contributed by atoms with Crippen LogP contribution in [-0.2, 0) is 6.54 Å². The first-order chi connectivity index (χ1) is 8.52. The topological polar surface area (TPSA) is 60.9 Å². The van der Waals surface area contributed by atoms with Crippen LogP contribution in [0.3, 0.4) is 0 Å². The van der Waals surface area contributed by atoms with Gasteiger partial charge in [-0.25, -0.2) is 13.5 Å². The number of hydrogen-bond acceptors (Lipinski definition) is 3. The fourth-order valence-electron chi connectivity index (χ4n) is 1.60. The van der Waals surface area contributed by atoms with Gasteiger partial charge in [0, 0.05) is 24.4 Å². The molecule has 0 unspecified atom stereocenters. The summed E-state index contributed by atoms with van der Waals surface area (Å²) in [4.78, 5) is 11.5. The van der Waals surface area contributed by atoms with Gasteiger partial charge in [0.2, 0.25) is 5.43 Å². The molecule has 2 N–H and O–H groups in total. The van der Waals surface area contributed by atoms with E-state index in [9.17, 15) is 13.6 Å². The Balaban J connectivity index is 2.63. The van der Waals surface area contributed by atoms with Crippen LogP contribution in [0.1, 0.15) is 11.4 Å². The molecule has 0 aliphatic rings. The van der Waals surface area contributed by atoms with Crippen LogP contribution in [0.2, 0.25) is 0 Å². The van der Waals surface area contributed by atoms with Crippen molar-refractivity contribution < 1.29 is 8.78 Å². The summed E-state index contributed by atoms with van der Waals surface area (Å²) in [7, 11) is 0. The third-order valence-corrected chi connectivity index (χ3v) is 2.52. The predicted molar refractivity (Wildman–Crippen MR) is 62.4 cm³/mol. The van der Waals surface area contributed by atoms with Gasteiger partial charge in [0.1, 0.15) is 5.69 Å². The van der Waals surface area contributed by atoms with Gasteiger partial charge in [-0.2, -0.15) is 5.10 Å². The molecule has 0 radical (unpaired) electrons. The van der Waals surface area contributed by atoms with Crippen LogP contribution in [-0.4, -0.2) is 9.78 Å². The minimum absolute atomic E-state index is 0.0111. The number of benzene rings is 1. The van der Waals surface area contributed by atoms with Crippen LogP contribution in [0, 0.1) is 18.6 Å². The molecule has 0 saturated carbocycles. The zero-order valence-electron chi connectivity index (χ0n) is 9.65. The molecule has 0 fully saturated rings. The van der Waals surface area contributed by atoms with E-state index in [2.05, 4.69) is 5.10 Å². The van der Waals surface area contributed by atoms with Crippen LogP contribution in [0.15, 0.2) is 29.1 Å². The lowest BCUT2D eigenvalue weighted by atomic mass is 10.2. The highest BCUT2D eigenvalue weighted by Gasteiger charge is 2.09. The minimum Gasteiger partial charge on any atom is -0.325 e. The Morgan fingerprint density at radius 2 is 2.00 bits per heavy atom. The standard InChI is InChI=1S/C12H11F2N3O/c1-7-4-12(18)11(6-15)16-17(7)8-2-3-9(13)10(14)5-8/h2-5H,6,15H2,1H3. The van der Waals surface area contributed by atoms with Crippen molar-refractivity contribution in [3.63, 3.8) is 0 Å². The van der Waals surface area contributed by atoms with E-state index in [-0.39, 0.29) is 17.7 Å². The second kappa shape index (κ2) is 4.66. The van der Waals surface area contributed by atoms with Crippen molar-refractivity contribution in [2.75, 3.05) is 0 Å². The number of aromatic nitrogens is 2. The van der Waals surface area contributed by atoms with Crippen LogP contribution in [0.4, 0.5) is 8.78 Å². The summed E-state index contributed by atoms with van der Waals surface area (Å²) in [6.07, 6.45) is 0. The van der Waals surface area contributed by atoms with E-state index in [1.54, 1.807) is 6.92 Å². The maximum atomic E-state index is 13.2. The van der Waals surface area contributed by atoms with Crippen molar-refractivity contribution >= 4 is 0 Å². The van der Waals surface area contributed by atoms with Crippen molar-refractivity contribution in [1.29, 1.82) is 0 Å². The third-order valence-electron chi connectivity index (χ3n) is 2.52. The summed E-state index contributed by atoms with van der Waals surface area (Å²) in [5.41, 5.74) is 6.15. The van der Waals surface area contributed by atoms with Gasteiger partial charge in [-0.3, -0.25) is 4.79 Å². The summed E-state index contributed by atoms with van der Waals surface area (Å²) in [5, 5.41) is 4.02. The Kier molecular flexibility index (Phi) is 3.20. The molecule has 2 rings (SSSR count). The molecule has 1 aromatic heterocycles. The number of aryl methyl sites for hydroxylation is 1. The summed E-state index contributed by atoms with van der Waals surface area (Å²) in [6.45, 7) is 1.64. The first-order valence-electron chi connectivity index (χ1n) is 5.28. The zero-order chi connectivity index (χ0) is 13.3. The van der Waals surface area contributed by atoms with E-state index < -0.39 is 11.6 Å². The predicted octanol–water partition coefficient (Wildman–Crippen LogP) is 1.28. The minimum atomic E-state index is -0.971. The lowest BCUT2D eigenvalue weighted by molar-refractivity contribution is 0.507. The normalized spacial score (nSPS) is 10.7. The van der Waals surface area contributed by atoms with E-state index in [1.807, 2.05) is 0 Å². The van der Waals surface area contributed by atoms with Gasteiger partial charge in [-0.05, 0) is 19.1 Å². The van der Waals surface area contributed by atoms with Crippen molar-refractivity contribution in [1.82, 2.24) is 9.78 Å². The van der Waals surface area contributed by atoms with Crippen molar-refractivity contribution in [3.8, 4) is 5.69 Å². The van der Waals surface area contributed by atoms with Gasteiger partial charge in [0.15, 0.2) is 11.6 Å². The molecule has 0 bridgehead atoms. The monoisotopic (exact) mass is 251 g/mol. The largest absolute Gasteiger partial charge is 0.325 e. The zero-order valence-corrected chi connectivity index (χ0v) is 9.65. The Labute approximate surface area is 102 Å². The van der Waals surface area contributed by atoms with Crippen LogP contribution < -0.4 is 11.2 Å². The fourth-order valence-corrected chi connectivity index (χ4v) is 1.60. The quantitative estimate of drug-likeness (QED) is 0.874. The average molecular weight is 251 g/mol. The van der Waals surface area contributed by atoms with Gasteiger partial charge in [-0.15, -0.1) is 0 Å². The van der Waals surface area contributed by atoms with Crippen molar-refractivity contribution in [2.24, 2.45) is 5.73 Å². The number of nitrogens with two attached hydrogens (primary N) is 1. The summed E-state index contributed by atoms with van der Waals surface area (Å²) in [5.74, 6) is -1.90. The fraction of sp³-hybridized carbons (Fsp3) is 0.167. The molecule has 1 aromatic carbocycles. The van der Waals surface area contributed by atoms with E-state index in [0.717, 1.165) is 12.1 Å². The lowest BCUT2D eigenvalue weighted by Gasteiger charge is -2.10. The average Bonchev–Trinajstić information content (AvgIpc) is 2.33. The van der Waals surface area contributed by atoms with E-state index in [1.165, 1.54) is 16.8 Å². The first kappa shape index (κ1) is 12.4. The van der Waals surface area contributed by atoms with E-state index in [4.69, 9.17) is 5.73 Å². The second-order valence-electron chi connectivity index (χ2n) is 3.81. The highest BCUT2D eigenvalue weighted by Crippen LogP contribution is 2.13. The van der Waals surface area contributed by atoms with Gasteiger partial charge < -0.3 is 5.73 Å². The van der Waals surface area contributed by atoms with Crippen molar-refractivity contribution in [3.05, 3.63) is 57.5 Å². The molecule has 0 aliphatic carbocycles. The number of hydrogen-bond donors (Lipinski definition) is 1. The first-order valence-corrected chi connectivity index (χ1v) is 5.28. The Morgan fingerprint density at radius 1 is 1.28 bits per heavy atom. The molecule has 4 nitrogen and oxygen atoms in total. The molecule has 0 atom stereocenters. The SMILES string of the molecule is Cc1cc(=O)c(CN)nn1-c1ccc(F)c(F)c1. The highest BCUT2D eigenvalue weighted by atomic mass is 19.2.